The summed E-state index contributed by atoms with van der Waals surface area (Å²) in [5.74, 6) is -3.00. The smallest absolute Gasteiger partial charge is 0.407 e. The van der Waals surface area contributed by atoms with Gasteiger partial charge in [0.25, 0.3) is 5.91 Å². The molecule has 5 aromatic rings. The SMILES string of the molecule is Cc1nonc1C(=O)N[C@H](c1cn2ccc([C@H](NC(=O)OCC3c4ccccc4-c4ccccc43)C3CC3)nc2n1)C1CCC(F)(F)CC1. The first-order valence-corrected chi connectivity index (χ1v) is 16.7. The minimum absolute atomic E-state index is 0.0295. The molecule has 2 aromatic carbocycles. The average Bonchev–Trinajstić information content (AvgIpc) is 3.57. The van der Waals surface area contributed by atoms with E-state index in [-0.39, 0.29) is 61.8 Å². The number of aryl methyl sites for hydroxylation is 1. The normalized spacial score (nSPS) is 18.4. The fraction of sp³-hybridized carbons (Fsp3) is 0.389. The van der Waals surface area contributed by atoms with Crippen molar-refractivity contribution in [3.63, 3.8) is 0 Å². The number of alkyl carbamates (subject to hydrolysis) is 1. The maximum absolute atomic E-state index is 14.1. The number of nitrogens with zero attached hydrogens (tertiary/aromatic N) is 5. The van der Waals surface area contributed by atoms with Crippen molar-refractivity contribution in [2.45, 2.75) is 69.4 Å². The minimum Gasteiger partial charge on any atom is -0.449 e. The number of amides is 2. The molecule has 2 amide bonds. The molecule has 3 heterocycles. The molecule has 0 aliphatic heterocycles. The predicted molar refractivity (Wildman–Crippen MR) is 173 cm³/mol. The van der Waals surface area contributed by atoms with E-state index in [4.69, 9.17) is 19.3 Å². The number of halogens is 2. The van der Waals surface area contributed by atoms with Crippen LogP contribution in [0.5, 0.6) is 0 Å². The van der Waals surface area contributed by atoms with Crippen LogP contribution in [0.2, 0.25) is 0 Å². The van der Waals surface area contributed by atoms with Gasteiger partial charge in [-0.15, -0.1) is 0 Å². The van der Waals surface area contributed by atoms with E-state index in [1.54, 1.807) is 17.5 Å². The molecule has 11 nitrogen and oxygen atoms in total. The number of hydrogen-bond acceptors (Lipinski definition) is 8. The molecule has 3 aliphatic rings. The second-order valence-corrected chi connectivity index (χ2v) is 13.4. The number of nitrogens with one attached hydrogen (secondary N) is 2. The van der Waals surface area contributed by atoms with Gasteiger partial charge >= 0.3 is 6.09 Å². The second kappa shape index (κ2) is 12.4. The van der Waals surface area contributed by atoms with Gasteiger partial charge in [-0.1, -0.05) is 53.7 Å². The predicted octanol–water partition coefficient (Wildman–Crippen LogP) is 6.71. The maximum Gasteiger partial charge on any atom is 0.407 e. The van der Waals surface area contributed by atoms with Crippen LogP contribution in [0, 0.1) is 18.8 Å². The Labute approximate surface area is 280 Å². The topological polar surface area (TPSA) is 137 Å². The van der Waals surface area contributed by atoms with Gasteiger partial charge in [-0.25, -0.2) is 28.2 Å². The molecule has 0 unspecified atom stereocenters. The number of fused-ring (bicyclic) bond motifs is 4. The zero-order chi connectivity index (χ0) is 33.7. The van der Waals surface area contributed by atoms with E-state index in [1.807, 2.05) is 36.5 Å². The second-order valence-electron chi connectivity index (χ2n) is 13.4. The van der Waals surface area contributed by atoms with Crippen molar-refractivity contribution in [1.29, 1.82) is 0 Å². The van der Waals surface area contributed by atoms with Gasteiger partial charge in [0.05, 0.1) is 23.5 Å². The highest BCUT2D eigenvalue weighted by Gasteiger charge is 2.40. The summed E-state index contributed by atoms with van der Waals surface area (Å²) in [6, 6.07) is 17.2. The summed E-state index contributed by atoms with van der Waals surface area (Å²) in [5.41, 5.74) is 6.09. The minimum atomic E-state index is -2.73. The van der Waals surface area contributed by atoms with Crippen LogP contribution in [0.4, 0.5) is 13.6 Å². The molecule has 0 bridgehead atoms. The Balaban J connectivity index is 1.01. The Morgan fingerprint density at radius 3 is 2.18 bits per heavy atom. The lowest BCUT2D eigenvalue weighted by Crippen LogP contribution is -2.37. The number of alkyl halides is 2. The third-order valence-electron chi connectivity index (χ3n) is 10.1. The molecule has 2 fully saturated rings. The van der Waals surface area contributed by atoms with Gasteiger partial charge in [0.15, 0.2) is 5.69 Å². The number of benzene rings is 2. The van der Waals surface area contributed by atoms with Crippen LogP contribution in [-0.4, -0.2) is 49.2 Å². The van der Waals surface area contributed by atoms with Crippen LogP contribution in [0.15, 0.2) is 71.6 Å². The standard InChI is InChI=1S/C36H35F2N7O4/c1-20-30(44-49-43-20)33(46)41-32(22-12-15-36(37,38)16-13-22)29-18-45-17-14-28(39-34(45)40-29)31(21-10-11-21)42-35(47)48-19-27-25-8-4-2-6-23(25)24-7-3-5-9-26(24)27/h2-9,14,17-18,21-22,27,31-32H,10-13,15-16,19H2,1H3,(H,41,46)(H,42,47)/t31-,32+/m1/s1. The molecular formula is C36H35F2N7O4. The Morgan fingerprint density at radius 2 is 1.53 bits per heavy atom. The summed E-state index contributed by atoms with van der Waals surface area (Å²) in [4.78, 5) is 36.0. The summed E-state index contributed by atoms with van der Waals surface area (Å²) in [6.07, 6.45) is 4.83. The first-order valence-electron chi connectivity index (χ1n) is 16.7. The number of ether oxygens (including phenoxy) is 1. The number of rotatable bonds is 9. The zero-order valence-corrected chi connectivity index (χ0v) is 26.8. The molecule has 3 aromatic heterocycles. The Morgan fingerprint density at radius 1 is 0.898 bits per heavy atom. The molecule has 0 radical (unpaired) electrons. The molecule has 2 saturated carbocycles. The molecule has 0 saturated heterocycles. The van der Waals surface area contributed by atoms with Crippen molar-refractivity contribution in [2.75, 3.05) is 6.61 Å². The van der Waals surface area contributed by atoms with E-state index < -0.39 is 24.0 Å². The van der Waals surface area contributed by atoms with Crippen LogP contribution in [0.1, 0.15) is 95.2 Å². The van der Waals surface area contributed by atoms with E-state index in [1.165, 1.54) is 0 Å². The number of hydrogen-bond donors (Lipinski definition) is 2. The van der Waals surface area contributed by atoms with E-state index in [0.717, 1.165) is 35.1 Å². The van der Waals surface area contributed by atoms with E-state index in [0.29, 0.717) is 22.9 Å². The largest absolute Gasteiger partial charge is 0.449 e. The highest BCUT2D eigenvalue weighted by molar-refractivity contribution is 5.93. The van der Waals surface area contributed by atoms with Gasteiger partial charge in [0.1, 0.15) is 12.3 Å². The number of imidazole rings is 1. The molecule has 2 N–H and O–H groups in total. The Bertz CT molecular complexity index is 1980. The van der Waals surface area contributed by atoms with Gasteiger partial charge < -0.3 is 15.4 Å². The molecule has 8 rings (SSSR count). The summed E-state index contributed by atoms with van der Waals surface area (Å²) < 4.78 is 40.5. The molecular weight excluding hydrogens is 632 g/mol. The fourth-order valence-electron chi connectivity index (χ4n) is 7.33. The highest BCUT2D eigenvalue weighted by atomic mass is 19.3. The van der Waals surface area contributed by atoms with Crippen LogP contribution in [-0.2, 0) is 4.74 Å². The van der Waals surface area contributed by atoms with Crippen molar-refractivity contribution in [1.82, 2.24) is 35.3 Å². The molecule has 13 heteroatoms. The van der Waals surface area contributed by atoms with Crippen LogP contribution < -0.4 is 10.6 Å². The van der Waals surface area contributed by atoms with E-state index >= 15 is 0 Å². The van der Waals surface area contributed by atoms with Gasteiger partial charge in [-0.2, -0.15) is 0 Å². The van der Waals surface area contributed by atoms with E-state index in [9.17, 15) is 18.4 Å². The van der Waals surface area contributed by atoms with Gasteiger partial charge in [0.2, 0.25) is 11.7 Å². The lowest BCUT2D eigenvalue weighted by Gasteiger charge is -2.33. The van der Waals surface area contributed by atoms with Crippen molar-refractivity contribution < 1.29 is 27.7 Å². The third kappa shape index (κ3) is 6.13. The fourth-order valence-corrected chi connectivity index (χ4v) is 7.33. The lowest BCUT2D eigenvalue weighted by molar-refractivity contribution is -0.0495. The monoisotopic (exact) mass is 667 g/mol. The summed E-state index contributed by atoms with van der Waals surface area (Å²) >= 11 is 0. The van der Waals surface area contributed by atoms with E-state index in [2.05, 4.69) is 45.2 Å². The van der Waals surface area contributed by atoms with Gasteiger partial charge in [-0.3, -0.25) is 9.20 Å². The third-order valence-corrected chi connectivity index (χ3v) is 10.1. The number of carbonyl (C=O) groups is 2. The summed E-state index contributed by atoms with van der Waals surface area (Å²) in [7, 11) is 0. The summed E-state index contributed by atoms with van der Waals surface area (Å²) in [5, 5.41) is 13.4. The van der Waals surface area contributed by atoms with Crippen molar-refractivity contribution >= 4 is 17.8 Å². The molecule has 252 valence electrons. The molecule has 3 aliphatic carbocycles. The van der Waals surface area contributed by atoms with Crippen molar-refractivity contribution in [3.8, 4) is 11.1 Å². The van der Waals surface area contributed by atoms with Gasteiger partial charge in [0, 0.05) is 31.2 Å². The van der Waals surface area contributed by atoms with Crippen LogP contribution in [0.3, 0.4) is 0 Å². The lowest BCUT2D eigenvalue weighted by atomic mass is 9.81. The first kappa shape index (κ1) is 31.1. The van der Waals surface area contributed by atoms with Crippen LogP contribution in [0.25, 0.3) is 16.9 Å². The Hall–Kier alpha value is -5.20. The molecule has 0 spiro atoms. The number of carbonyl (C=O) groups excluding carboxylic acids is 2. The first-order chi connectivity index (χ1) is 23.7. The average molecular weight is 668 g/mol. The maximum atomic E-state index is 14.1. The highest BCUT2D eigenvalue weighted by Crippen LogP contribution is 2.45. The van der Waals surface area contributed by atoms with Gasteiger partial charge in [-0.05, 0) is 77.9 Å². The molecule has 2 atom stereocenters. The zero-order valence-electron chi connectivity index (χ0n) is 26.8. The van der Waals surface area contributed by atoms with Crippen LogP contribution >= 0.6 is 0 Å². The van der Waals surface area contributed by atoms with Crippen molar-refractivity contribution in [2.24, 2.45) is 11.8 Å². The summed E-state index contributed by atoms with van der Waals surface area (Å²) in [6.45, 7) is 1.81. The van der Waals surface area contributed by atoms with Crippen molar-refractivity contribution in [3.05, 3.63) is 101 Å². The molecule has 49 heavy (non-hydrogen) atoms. The quantitative estimate of drug-likeness (QED) is 0.177. The Kier molecular flexibility index (Phi) is 7.84. The number of aromatic nitrogens is 5.